The van der Waals surface area contributed by atoms with Gasteiger partial charge in [0.25, 0.3) is 0 Å². The summed E-state index contributed by atoms with van der Waals surface area (Å²) in [5, 5.41) is 0. The zero-order valence-corrected chi connectivity index (χ0v) is 7.99. The average molecular weight is 206 g/mol. The van der Waals surface area contributed by atoms with Crippen molar-refractivity contribution in [2.45, 2.75) is 12.3 Å². The fourth-order valence-corrected chi connectivity index (χ4v) is 1.33. The van der Waals surface area contributed by atoms with Crippen LogP contribution in [0.25, 0.3) is 0 Å². The molecule has 0 radical (unpaired) electrons. The van der Waals surface area contributed by atoms with E-state index in [1.54, 1.807) is 6.20 Å². The van der Waals surface area contributed by atoms with E-state index in [2.05, 4.69) is 11.1 Å². The standard InChI is InChI=1S/C8H8ClNO.ClH/c9-4-6-3-7-1-2-11-8(7)10-5-6;/h3,5H,1-2,4H2;1H. The quantitative estimate of drug-likeness (QED) is 0.657. The average Bonchev–Trinajstić information content (AvgIpc) is 2.50. The van der Waals surface area contributed by atoms with Crippen LogP contribution >= 0.6 is 24.0 Å². The molecule has 66 valence electrons. The predicted octanol–water partition coefficient (Wildman–Crippen LogP) is 2.18. The van der Waals surface area contributed by atoms with E-state index in [-0.39, 0.29) is 12.4 Å². The van der Waals surface area contributed by atoms with Gasteiger partial charge >= 0.3 is 0 Å². The van der Waals surface area contributed by atoms with Gasteiger partial charge in [-0.2, -0.15) is 0 Å². The topological polar surface area (TPSA) is 22.1 Å². The molecule has 1 aromatic heterocycles. The van der Waals surface area contributed by atoms with E-state index in [0.29, 0.717) is 5.88 Å². The molecule has 0 unspecified atom stereocenters. The highest BCUT2D eigenvalue weighted by Crippen LogP contribution is 2.22. The van der Waals surface area contributed by atoms with Crippen molar-refractivity contribution in [3.63, 3.8) is 0 Å². The number of alkyl halides is 1. The zero-order valence-electron chi connectivity index (χ0n) is 6.42. The third-order valence-corrected chi connectivity index (χ3v) is 2.06. The molecule has 1 aliphatic rings. The second-order valence-electron chi connectivity index (χ2n) is 2.54. The first-order chi connectivity index (χ1) is 5.40. The maximum absolute atomic E-state index is 5.65. The van der Waals surface area contributed by atoms with E-state index in [0.717, 1.165) is 24.5 Å². The van der Waals surface area contributed by atoms with Crippen molar-refractivity contribution in [3.05, 3.63) is 23.4 Å². The summed E-state index contributed by atoms with van der Waals surface area (Å²) in [6.45, 7) is 0.758. The molecule has 0 fully saturated rings. The van der Waals surface area contributed by atoms with Crippen molar-refractivity contribution >= 4 is 24.0 Å². The van der Waals surface area contributed by atoms with Gasteiger partial charge in [0.2, 0.25) is 5.88 Å². The number of pyridine rings is 1. The highest BCUT2D eigenvalue weighted by molar-refractivity contribution is 6.17. The Balaban J connectivity index is 0.000000720. The van der Waals surface area contributed by atoms with E-state index in [1.807, 2.05) is 0 Å². The summed E-state index contributed by atoms with van der Waals surface area (Å²) in [5.74, 6) is 1.30. The van der Waals surface area contributed by atoms with Crippen LogP contribution in [0, 0.1) is 0 Å². The Hall–Kier alpha value is -0.470. The van der Waals surface area contributed by atoms with Crippen molar-refractivity contribution in [3.8, 4) is 5.88 Å². The highest BCUT2D eigenvalue weighted by Gasteiger charge is 2.12. The van der Waals surface area contributed by atoms with Crippen molar-refractivity contribution in [2.24, 2.45) is 0 Å². The minimum absolute atomic E-state index is 0. The second-order valence-corrected chi connectivity index (χ2v) is 2.81. The summed E-state index contributed by atoms with van der Waals surface area (Å²) in [6, 6.07) is 2.06. The van der Waals surface area contributed by atoms with Gasteiger partial charge in [-0.3, -0.25) is 0 Å². The van der Waals surface area contributed by atoms with Crippen LogP contribution in [0.15, 0.2) is 12.3 Å². The Morgan fingerprint density at radius 2 is 2.42 bits per heavy atom. The van der Waals surface area contributed by atoms with Crippen LogP contribution in [0.5, 0.6) is 5.88 Å². The number of hydrogen-bond donors (Lipinski definition) is 0. The molecule has 0 N–H and O–H groups in total. The molecular weight excluding hydrogens is 197 g/mol. The number of fused-ring (bicyclic) bond motifs is 1. The van der Waals surface area contributed by atoms with Gasteiger partial charge in [-0.1, -0.05) is 0 Å². The molecular formula is C8H9Cl2NO. The molecule has 0 spiro atoms. The third-order valence-electron chi connectivity index (χ3n) is 1.75. The molecule has 2 heterocycles. The van der Waals surface area contributed by atoms with E-state index in [4.69, 9.17) is 16.3 Å². The molecule has 1 aliphatic heterocycles. The normalized spacial score (nSPS) is 13.1. The molecule has 0 amide bonds. The van der Waals surface area contributed by atoms with E-state index >= 15 is 0 Å². The van der Waals surface area contributed by atoms with Crippen LogP contribution in [0.1, 0.15) is 11.1 Å². The van der Waals surface area contributed by atoms with Gasteiger partial charge in [0.15, 0.2) is 0 Å². The number of ether oxygens (including phenoxy) is 1. The maximum Gasteiger partial charge on any atom is 0.216 e. The van der Waals surface area contributed by atoms with Gasteiger partial charge in [0.05, 0.1) is 6.61 Å². The number of aromatic nitrogens is 1. The van der Waals surface area contributed by atoms with Gasteiger partial charge in [0.1, 0.15) is 0 Å². The Morgan fingerprint density at radius 1 is 1.58 bits per heavy atom. The lowest BCUT2D eigenvalue weighted by Gasteiger charge is -1.98. The highest BCUT2D eigenvalue weighted by atomic mass is 35.5. The minimum Gasteiger partial charge on any atom is -0.477 e. The fraction of sp³-hybridized carbons (Fsp3) is 0.375. The van der Waals surface area contributed by atoms with Crippen molar-refractivity contribution in [1.82, 2.24) is 4.98 Å². The van der Waals surface area contributed by atoms with E-state index in [1.165, 1.54) is 5.56 Å². The van der Waals surface area contributed by atoms with E-state index < -0.39 is 0 Å². The Morgan fingerprint density at radius 3 is 3.17 bits per heavy atom. The monoisotopic (exact) mass is 205 g/mol. The summed E-state index contributed by atoms with van der Waals surface area (Å²) in [7, 11) is 0. The van der Waals surface area contributed by atoms with Crippen LogP contribution in [0.4, 0.5) is 0 Å². The molecule has 2 rings (SSSR count). The van der Waals surface area contributed by atoms with Crippen LogP contribution in [-0.2, 0) is 12.3 Å². The number of nitrogens with zero attached hydrogens (tertiary/aromatic N) is 1. The molecule has 0 atom stereocenters. The summed E-state index contributed by atoms with van der Waals surface area (Å²) >= 11 is 5.65. The first-order valence-corrected chi connectivity index (χ1v) is 4.10. The Bertz CT molecular complexity index is 278. The van der Waals surface area contributed by atoms with Gasteiger partial charge in [-0.05, 0) is 11.6 Å². The van der Waals surface area contributed by atoms with Crippen LogP contribution in [0.2, 0.25) is 0 Å². The van der Waals surface area contributed by atoms with Crippen molar-refractivity contribution < 1.29 is 4.74 Å². The van der Waals surface area contributed by atoms with Crippen LogP contribution in [-0.4, -0.2) is 11.6 Å². The molecule has 0 saturated heterocycles. The van der Waals surface area contributed by atoms with Gasteiger partial charge in [-0.15, -0.1) is 24.0 Å². The van der Waals surface area contributed by atoms with Crippen LogP contribution < -0.4 is 4.74 Å². The lowest BCUT2D eigenvalue weighted by atomic mass is 10.2. The van der Waals surface area contributed by atoms with Gasteiger partial charge in [-0.25, -0.2) is 4.98 Å². The molecule has 12 heavy (non-hydrogen) atoms. The molecule has 0 aromatic carbocycles. The second kappa shape index (κ2) is 3.97. The number of rotatable bonds is 1. The molecule has 2 nitrogen and oxygen atoms in total. The lowest BCUT2D eigenvalue weighted by molar-refractivity contribution is 0.345. The SMILES string of the molecule is Cl.ClCc1cnc2c(c1)CCO2. The summed E-state index contributed by atoms with van der Waals surface area (Å²) in [5.41, 5.74) is 2.25. The Kier molecular flexibility index (Phi) is 3.18. The number of hydrogen-bond acceptors (Lipinski definition) is 2. The molecule has 4 heteroatoms. The smallest absolute Gasteiger partial charge is 0.216 e. The fourth-order valence-electron chi connectivity index (χ4n) is 1.19. The van der Waals surface area contributed by atoms with Gasteiger partial charge < -0.3 is 4.74 Å². The lowest BCUT2D eigenvalue weighted by Crippen LogP contribution is -1.87. The van der Waals surface area contributed by atoms with Gasteiger partial charge in [0, 0.05) is 24.1 Å². The first-order valence-electron chi connectivity index (χ1n) is 3.56. The summed E-state index contributed by atoms with van der Waals surface area (Å²) in [6.07, 6.45) is 2.73. The Labute approximate surface area is 82.3 Å². The van der Waals surface area contributed by atoms with Crippen molar-refractivity contribution in [2.75, 3.05) is 6.61 Å². The summed E-state index contributed by atoms with van der Waals surface area (Å²) in [4.78, 5) is 4.12. The van der Waals surface area contributed by atoms with Crippen LogP contribution in [0.3, 0.4) is 0 Å². The third kappa shape index (κ3) is 1.65. The first kappa shape index (κ1) is 9.62. The van der Waals surface area contributed by atoms with Crippen molar-refractivity contribution in [1.29, 1.82) is 0 Å². The zero-order chi connectivity index (χ0) is 7.68. The molecule has 0 saturated carbocycles. The largest absolute Gasteiger partial charge is 0.477 e. The maximum atomic E-state index is 5.65. The molecule has 1 aromatic rings. The molecule has 0 aliphatic carbocycles. The predicted molar refractivity (Wildman–Crippen MR) is 50.2 cm³/mol. The van der Waals surface area contributed by atoms with E-state index in [9.17, 15) is 0 Å². The molecule has 0 bridgehead atoms. The minimum atomic E-state index is 0. The summed E-state index contributed by atoms with van der Waals surface area (Å²) < 4.78 is 5.24. The number of halogens is 2.